The first kappa shape index (κ1) is 9.60. The van der Waals surface area contributed by atoms with Crippen molar-refractivity contribution in [2.75, 3.05) is 5.32 Å². The van der Waals surface area contributed by atoms with Crippen LogP contribution in [0.25, 0.3) is 0 Å². The Morgan fingerprint density at radius 3 is 2.54 bits per heavy atom. The van der Waals surface area contributed by atoms with Crippen molar-refractivity contribution in [1.29, 1.82) is 0 Å². The Kier molecular flexibility index (Phi) is 2.92. The van der Waals surface area contributed by atoms with E-state index < -0.39 is 11.6 Å². The lowest BCUT2D eigenvalue weighted by Gasteiger charge is -2.06. The average molecular weight is 186 g/mol. The Balaban J connectivity index is 3.15. The number of anilines is 1. The van der Waals surface area contributed by atoms with Gasteiger partial charge in [0.15, 0.2) is 11.6 Å². The van der Waals surface area contributed by atoms with Gasteiger partial charge in [0, 0.05) is 18.3 Å². The molecule has 1 amide bonds. The molecule has 0 aliphatic carbocycles. The van der Waals surface area contributed by atoms with Crippen LogP contribution in [0.3, 0.4) is 0 Å². The molecule has 5 heteroatoms. The second-order valence-corrected chi connectivity index (χ2v) is 2.39. The lowest BCUT2D eigenvalue weighted by molar-refractivity contribution is -0.105. The van der Waals surface area contributed by atoms with Gasteiger partial charge < -0.3 is 11.1 Å². The first-order valence-electron chi connectivity index (χ1n) is 3.57. The Hall–Kier alpha value is -1.49. The maximum atomic E-state index is 12.6. The summed E-state index contributed by atoms with van der Waals surface area (Å²) >= 11 is 0. The summed E-state index contributed by atoms with van der Waals surface area (Å²) in [6, 6.07) is 1.85. The molecule has 0 aromatic heterocycles. The van der Waals surface area contributed by atoms with E-state index in [1.54, 1.807) is 0 Å². The molecule has 3 N–H and O–H groups in total. The Labute approximate surface area is 73.5 Å². The highest BCUT2D eigenvalue weighted by molar-refractivity contribution is 5.73. The Morgan fingerprint density at radius 1 is 1.38 bits per heavy atom. The van der Waals surface area contributed by atoms with Gasteiger partial charge in [-0.3, -0.25) is 4.79 Å². The maximum Gasteiger partial charge on any atom is 0.211 e. The SMILES string of the molecule is NCc1cc(F)c(F)cc1NC=O. The third-order valence-electron chi connectivity index (χ3n) is 1.58. The van der Waals surface area contributed by atoms with E-state index in [2.05, 4.69) is 5.32 Å². The van der Waals surface area contributed by atoms with Gasteiger partial charge in [0.25, 0.3) is 0 Å². The fraction of sp³-hybridized carbons (Fsp3) is 0.125. The smallest absolute Gasteiger partial charge is 0.211 e. The molecule has 0 bridgehead atoms. The number of amides is 1. The number of nitrogens with one attached hydrogen (secondary N) is 1. The van der Waals surface area contributed by atoms with Crippen LogP contribution >= 0.6 is 0 Å². The summed E-state index contributed by atoms with van der Waals surface area (Å²) in [7, 11) is 0. The number of carbonyl (C=O) groups excluding carboxylic acids is 1. The fourth-order valence-electron chi connectivity index (χ4n) is 0.955. The highest BCUT2D eigenvalue weighted by Gasteiger charge is 2.07. The summed E-state index contributed by atoms with van der Waals surface area (Å²) in [5, 5.41) is 2.23. The summed E-state index contributed by atoms with van der Waals surface area (Å²) < 4.78 is 25.3. The van der Waals surface area contributed by atoms with Crippen molar-refractivity contribution >= 4 is 12.1 Å². The third-order valence-corrected chi connectivity index (χ3v) is 1.58. The molecule has 0 unspecified atom stereocenters. The number of nitrogens with two attached hydrogens (primary N) is 1. The molecule has 0 heterocycles. The molecule has 1 aromatic rings. The molecule has 0 saturated heterocycles. The average Bonchev–Trinajstić information content (AvgIpc) is 2.11. The van der Waals surface area contributed by atoms with Gasteiger partial charge in [-0.25, -0.2) is 8.78 Å². The highest BCUT2D eigenvalue weighted by atomic mass is 19.2. The minimum atomic E-state index is -1.01. The molecule has 0 atom stereocenters. The van der Waals surface area contributed by atoms with Crippen molar-refractivity contribution in [3.63, 3.8) is 0 Å². The second-order valence-electron chi connectivity index (χ2n) is 2.39. The molecule has 70 valence electrons. The molecule has 0 spiro atoms. The van der Waals surface area contributed by atoms with Crippen molar-refractivity contribution < 1.29 is 13.6 Å². The van der Waals surface area contributed by atoms with Gasteiger partial charge >= 0.3 is 0 Å². The predicted molar refractivity (Wildman–Crippen MR) is 43.9 cm³/mol. The van der Waals surface area contributed by atoms with E-state index in [-0.39, 0.29) is 12.2 Å². The van der Waals surface area contributed by atoms with Crippen molar-refractivity contribution in [2.45, 2.75) is 6.54 Å². The van der Waals surface area contributed by atoms with Gasteiger partial charge in [-0.1, -0.05) is 0 Å². The summed E-state index contributed by atoms with van der Waals surface area (Å²) in [5.41, 5.74) is 5.80. The number of hydrogen-bond donors (Lipinski definition) is 2. The lowest BCUT2D eigenvalue weighted by Crippen LogP contribution is -2.05. The Morgan fingerprint density at radius 2 is 2.00 bits per heavy atom. The van der Waals surface area contributed by atoms with E-state index in [9.17, 15) is 13.6 Å². The summed E-state index contributed by atoms with van der Waals surface area (Å²) in [5.74, 6) is -1.99. The van der Waals surface area contributed by atoms with E-state index in [0.717, 1.165) is 12.1 Å². The number of halogens is 2. The van der Waals surface area contributed by atoms with Crippen molar-refractivity contribution in [3.05, 3.63) is 29.3 Å². The number of rotatable bonds is 3. The zero-order chi connectivity index (χ0) is 9.84. The number of carbonyl (C=O) groups is 1. The molecular weight excluding hydrogens is 178 g/mol. The van der Waals surface area contributed by atoms with E-state index in [1.165, 1.54) is 0 Å². The van der Waals surface area contributed by atoms with Gasteiger partial charge in [-0.05, 0) is 11.6 Å². The minimum absolute atomic E-state index is 0.0351. The number of benzene rings is 1. The van der Waals surface area contributed by atoms with E-state index >= 15 is 0 Å². The number of hydrogen-bond acceptors (Lipinski definition) is 2. The van der Waals surface area contributed by atoms with Crippen LogP contribution in [0.4, 0.5) is 14.5 Å². The van der Waals surface area contributed by atoms with Gasteiger partial charge in [0.2, 0.25) is 6.41 Å². The minimum Gasteiger partial charge on any atom is -0.328 e. The van der Waals surface area contributed by atoms with Crippen molar-refractivity contribution in [2.24, 2.45) is 5.73 Å². The summed E-state index contributed by atoms with van der Waals surface area (Å²) in [4.78, 5) is 10.1. The van der Waals surface area contributed by atoms with Crippen molar-refractivity contribution in [1.82, 2.24) is 0 Å². The molecular formula is C8H8F2N2O. The van der Waals surface area contributed by atoms with Crippen molar-refractivity contribution in [3.8, 4) is 0 Å². The first-order chi connectivity index (χ1) is 6.19. The zero-order valence-corrected chi connectivity index (χ0v) is 6.68. The maximum absolute atomic E-state index is 12.6. The second kappa shape index (κ2) is 3.95. The predicted octanol–water partition coefficient (Wildman–Crippen LogP) is 0.992. The van der Waals surface area contributed by atoms with Crippen LogP contribution in [0.5, 0.6) is 0 Å². The van der Waals surface area contributed by atoms with Gasteiger partial charge in [0.05, 0.1) is 0 Å². The topological polar surface area (TPSA) is 55.1 Å². The fourth-order valence-corrected chi connectivity index (χ4v) is 0.955. The normalized spacial score (nSPS) is 9.77. The van der Waals surface area contributed by atoms with E-state index in [1.807, 2.05) is 0 Å². The van der Waals surface area contributed by atoms with Crippen LogP contribution in [0.1, 0.15) is 5.56 Å². The molecule has 1 rings (SSSR count). The van der Waals surface area contributed by atoms with Crippen LogP contribution in [0.2, 0.25) is 0 Å². The van der Waals surface area contributed by atoms with Gasteiger partial charge in [0.1, 0.15) is 0 Å². The van der Waals surface area contributed by atoms with Gasteiger partial charge in [-0.2, -0.15) is 0 Å². The molecule has 13 heavy (non-hydrogen) atoms. The Bertz CT molecular complexity index is 328. The molecule has 0 radical (unpaired) electrons. The van der Waals surface area contributed by atoms with Crippen LogP contribution < -0.4 is 11.1 Å². The van der Waals surface area contributed by atoms with Crippen LogP contribution in [-0.2, 0) is 11.3 Å². The first-order valence-corrected chi connectivity index (χ1v) is 3.57. The molecule has 0 aliphatic heterocycles. The summed E-state index contributed by atoms with van der Waals surface area (Å²) in [6.45, 7) is 0.0351. The van der Waals surface area contributed by atoms with E-state index in [4.69, 9.17) is 5.73 Å². The summed E-state index contributed by atoms with van der Waals surface area (Å²) in [6.07, 6.45) is 0.381. The van der Waals surface area contributed by atoms with Crippen LogP contribution in [-0.4, -0.2) is 6.41 Å². The lowest BCUT2D eigenvalue weighted by atomic mass is 10.1. The molecule has 1 aromatic carbocycles. The quantitative estimate of drug-likeness (QED) is 0.691. The largest absolute Gasteiger partial charge is 0.328 e. The molecule has 0 saturated carbocycles. The third kappa shape index (κ3) is 2.00. The monoisotopic (exact) mass is 186 g/mol. The van der Waals surface area contributed by atoms with E-state index in [0.29, 0.717) is 12.0 Å². The zero-order valence-electron chi connectivity index (χ0n) is 6.68. The molecule has 3 nitrogen and oxygen atoms in total. The van der Waals surface area contributed by atoms with Crippen LogP contribution in [0, 0.1) is 11.6 Å². The van der Waals surface area contributed by atoms with Gasteiger partial charge in [-0.15, -0.1) is 0 Å². The molecule has 0 fully saturated rings. The standard InChI is InChI=1S/C8H8F2N2O/c9-6-1-5(3-11)8(12-4-13)2-7(6)10/h1-2,4H,3,11H2,(H,12,13). The highest BCUT2D eigenvalue weighted by Crippen LogP contribution is 2.18. The molecule has 0 aliphatic rings. The van der Waals surface area contributed by atoms with Crippen LogP contribution in [0.15, 0.2) is 12.1 Å².